The molecule has 0 spiro atoms. The van der Waals surface area contributed by atoms with Gasteiger partial charge in [-0.25, -0.2) is 4.85 Å². The lowest BCUT2D eigenvalue weighted by Gasteiger charge is -2.20. The summed E-state index contributed by atoms with van der Waals surface area (Å²) in [6, 6.07) is 3.82. The molecular weight excluding hydrogens is 366 g/mol. The van der Waals surface area contributed by atoms with Crippen LogP contribution in [-0.4, -0.2) is 26.8 Å². The summed E-state index contributed by atoms with van der Waals surface area (Å²) < 4.78 is 16.5. The fraction of sp³-hybridized carbons (Fsp3) is 0.583. The van der Waals surface area contributed by atoms with Crippen molar-refractivity contribution in [2.24, 2.45) is 5.92 Å². The minimum atomic E-state index is -0.525. The Bertz CT molecular complexity index is 817. The molecule has 1 aliphatic carbocycles. The van der Waals surface area contributed by atoms with Crippen LogP contribution in [0.15, 0.2) is 17.8 Å². The fourth-order valence-corrected chi connectivity index (χ4v) is 3.93. The van der Waals surface area contributed by atoms with Crippen LogP contribution in [0, 0.1) is 12.5 Å². The molecule has 29 heavy (non-hydrogen) atoms. The van der Waals surface area contributed by atoms with Crippen molar-refractivity contribution >= 4 is 11.5 Å². The molecule has 0 heterocycles. The summed E-state index contributed by atoms with van der Waals surface area (Å²) in [6.45, 7) is 16.5. The Kier molecular flexibility index (Phi) is 7.73. The SMILES string of the molecule is [C-]#[N+]C(C(=O)OCC(CC)CCCC)=C1CC(C)(C)c2cc(OC)c(OC)cc21. The molecule has 0 amide bonds. The minimum absolute atomic E-state index is 0.0781. The summed E-state index contributed by atoms with van der Waals surface area (Å²) in [6.07, 6.45) is 4.84. The Morgan fingerprint density at radius 1 is 1.21 bits per heavy atom. The summed E-state index contributed by atoms with van der Waals surface area (Å²) in [7, 11) is 3.19. The highest BCUT2D eigenvalue weighted by atomic mass is 16.5. The third-order valence-electron chi connectivity index (χ3n) is 5.78. The summed E-state index contributed by atoms with van der Waals surface area (Å²) in [4.78, 5) is 16.4. The lowest BCUT2D eigenvalue weighted by Crippen LogP contribution is -2.15. The van der Waals surface area contributed by atoms with E-state index >= 15 is 0 Å². The predicted molar refractivity (Wildman–Crippen MR) is 115 cm³/mol. The first-order valence-electron chi connectivity index (χ1n) is 10.4. The van der Waals surface area contributed by atoms with Crippen LogP contribution in [0.25, 0.3) is 10.4 Å². The van der Waals surface area contributed by atoms with Crippen molar-refractivity contribution in [2.45, 2.75) is 65.2 Å². The zero-order valence-corrected chi connectivity index (χ0v) is 18.6. The monoisotopic (exact) mass is 399 g/mol. The number of hydrogen-bond acceptors (Lipinski definition) is 4. The number of nitrogens with zero attached hydrogens (tertiary/aromatic N) is 1. The number of methoxy groups -OCH3 is 2. The molecule has 1 aliphatic rings. The molecule has 1 atom stereocenters. The summed E-state index contributed by atoms with van der Waals surface area (Å²) in [5.41, 5.74) is 2.51. The number of benzene rings is 1. The molecule has 5 nitrogen and oxygen atoms in total. The number of unbranched alkanes of at least 4 members (excludes halogenated alkanes) is 1. The van der Waals surface area contributed by atoms with Gasteiger partial charge in [0, 0.05) is 0 Å². The Morgan fingerprint density at radius 3 is 2.41 bits per heavy atom. The number of allylic oxidation sites excluding steroid dienone is 1. The topological polar surface area (TPSA) is 49.1 Å². The molecule has 1 aromatic rings. The maximum absolute atomic E-state index is 12.8. The van der Waals surface area contributed by atoms with Crippen LogP contribution in [0.3, 0.4) is 0 Å². The van der Waals surface area contributed by atoms with Crippen LogP contribution < -0.4 is 9.47 Å². The number of carbonyl (C=O) groups excluding carboxylic acids is 1. The number of esters is 1. The van der Waals surface area contributed by atoms with Gasteiger partial charge in [-0.3, -0.25) is 4.79 Å². The smallest absolute Gasteiger partial charge is 0.336 e. The van der Waals surface area contributed by atoms with Gasteiger partial charge in [-0.1, -0.05) is 47.0 Å². The van der Waals surface area contributed by atoms with Gasteiger partial charge in [0.05, 0.1) is 27.4 Å². The van der Waals surface area contributed by atoms with Crippen molar-refractivity contribution in [1.29, 1.82) is 0 Å². The first kappa shape index (κ1) is 22.8. The van der Waals surface area contributed by atoms with E-state index in [9.17, 15) is 4.79 Å². The van der Waals surface area contributed by atoms with Crippen molar-refractivity contribution in [2.75, 3.05) is 20.8 Å². The van der Waals surface area contributed by atoms with Gasteiger partial charge in [0.2, 0.25) is 0 Å². The van der Waals surface area contributed by atoms with Gasteiger partial charge in [0.1, 0.15) is 0 Å². The minimum Gasteiger partial charge on any atom is -0.493 e. The van der Waals surface area contributed by atoms with Gasteiger partial charge >= 0.3 is 5.97 Å². The van der Waals surface area contributed by atoms with Crippen LogP contribution in [0.4, 0.5) is 0 Å². The molecule has 2 rings (SSSR count). The third kappa shape index (κ3) is 4.93. The van der Waals surface area contributed by atoms with E-state index in [4.69, 9.17) is 20.8 Å². The zero-order chi connectivity index (χ0) is 21.6. The molecule has 0 fully saturated rings. The molecule has 0 saturated carbocycles. The lowest BCUT2D eigenvalue weighted by atomic mass is 9.86. The molecule has 0 saturated heterocycles. The van der Waals surface area contributed by atoms with Crippen LogP contribution in [0.1, 0.15) is 70.9 Å². The van der Waals surface area contributed by atoms with E-state index < -0.39 is 5.97 Å². The van der Waals surface area contributed by atoms with Crippen LogP contribution in [0.5, 0.6) is 11.5 Å². The van der Waals surface area contributed by atoms with E-state index in [0.29, 0.717) is 30.4 Å². The Balaban J connectivity index is 2.38. The Labute approximate surface area is 174 Å². The quantitative estimate of drug-likeness (QED) is 0.300. The van der Waals surface area contributed by atoms with Gasteiger partial charge in [0.15, 0.2) is 11.5 Å². The third-order valence-corrected chi connectivity index (χ3v) is 5.78. The van der Waals surface area contributed by atoms with Crippen molar-refractivity contribution in [1.82, 2.24) is 0 Å². The normalized spacial score (nSPS) is 17.1. The number of rotatable bonds is 9. The highest BCUT2D eigenvalue weighted by Gasteiger charge is 2.37. The van der Waals surface area contributed by atoms with Crippen LogP contribution >= 0.6 is 0 Å². The molecule has 0 aliphatic heterocycles. The second-order valence-electron chi connectivity index (χ2n) is 8.27. The summed E-state index contributed by atoms with van der Waals surface area (Å²) in [5.74, 6) is 1.05. The average molecular weight is 400 g/mol. The summed E-state index contributed by atoms with van der Waals surface area (Å²) in [5, 5.41) is 0. The molecule has 0 N–H and O–H groups in total. The van der Waals surface area contributed by atoms with Gasteiger partial charge < -0.3 is 14.2 Å². The Hall–Kier alpha value is -2.48. The number of hydrogen-bond donors (Lipinski definition) is 0. The first-order chi connectivity index (χ1) is 13.8. The lowest BCUT2D eigenvalue weighted by molar-refractivity contribution is -0.140. The van der Waals surface area contributed by atoms with Crippen LogP contribution in [-0.2, 0) is 14.9 Å². The first-order valence-corrected chi connectivity index (χ1v) is 10.4. The maximum atomic E-state index is 12.8. The fourth-order valence-electron chi connectivity index (χ4n) is 3.93. The van der Waals surface area contributed by atoms with Crippen molar-refractivity contribution in [3.05, 3.63) is 40.4 Å². The highest BCUT2D eigenvalue weighted by molar-refractivity contribution is 6.01. The highest BCUT2D eigenvalue weighted by Crippen LogP contribution is 2.50. The number of ether oxygens (including phenoxy) is 3. The molecule has 1 aromatic carbocycles. The second kappa shape index (κ2) is 9.82. The van der Waals surface area contributed by atoms with E-state index in [-0.39, 0.29) is 11.1 Å². The van der Waals surface area contributed by atoms with Gasteiger partial charge in [0.25, 0.3) is 5.70 Å². The summed E-state index contributed by atoms with van der Waals surface area (Å²) >= 11 is 0. The van der Waals surface area contributed by atoms with Gasteiger partial charge in [-0.05, 0) is 53.0 Å². The molecule has 0 bridgehead atoms. The molecule has 1 unspecified atom stereocenters. The van der Waals surface area contributed by atoms with Crippen LogP contribution in [0.2, 0.25) is 0 Å². The van der Waals surface area contributed by atoms with E-state index in [1.54, 1.807) is 14.2 Å². The van der Waals surface area contributed by atoms with Crippen molar-refractivity contribution in [3.8, 4) is 11.5 Å². The number of fused-ring (bicyclic) bond motifs is 1. The Morgan fingerprint density at radius 2 is 1.86 bits per heavy atom. The molecule has 5 heteroatoms. The average Bonchev–Trinajstić information content (AvgIpc) is 2.97. The molecule has 0 radical (unpaired) electrons. The second-order valence-corrected chi connectivity index (χ2v) is 8.27. The zero-order valence-electron chi connectivity index (χ0n) is 18.6. The van der Waals surface area contributed by atoms with E-state index in [0.717, 1.165) is 42.4 Å². The molecule has 158 valence electrons. The maximum Gasteiger partial charge on any atom is 0.336 e. The standard InChI is InChI=1S/C24H33NO4/c1-8-10-11-16(9-2)15-29-23(26)22(25-5)18-14-24(3,4)19-13-21(28-7)20(27-6)12-17(18)19/h12-13,16H,8-11,14-15H2,1-4,6-7H3. The molecule has 0 aromatic heterocycles. The van der Waals surface area contributed by atoms with E-state index in [2.05, 4.69) is 32.5 Å². The number of carbonyl (C=O) groups is 1. The van der Waals surface area contributed by atoms with Gasteiger partial charge in [-0.15, -0.1) is 0 Å². The molecular formula is C24H33NO4. The largest absolute Gasteiger partial charge is 0.493 e. The van der Waals surface area contributed by atoms with E-state index in [1.165, 1.54) is 0 Å². The van der Waals surface area contributed by atoms with Gasteiger partial charge in [-0.2, -0.15) is 0 Å². The van der Waals surface area contributed by atoms with E-state index in [1.807, 2.05) is 12.1 Å². The predicted octanol–water partition coefficient (Wildman–Crippen LogP) is 5.78. The van der Waals surface area contributed by atoms with Crippen molar-refractivity contribution < 1.29 is 19.0 Å². The van der Waals surface area contributed by atoms with Crippen molar-refractivity contribution in [3.63, 3.8) is 0 Å².